The highest BCUT2D eigenvalue weighted by atomic mass is 16.5. The quantitative estimate of drug-likeness (QED) is 0.203. The highest BCUT2D eigenvalue weighted by Crippen LogP contribution is 2.27. The van der Waals surface area contributed by atoms with Crippen molar-refractivity contribution in [3.63, 3.8) is 0 Å². The Balaban J connectivity index is 0.951. The fourth-order valence-corrected chi connectivity index (χ4v) is 6.57. The van der Waals surface area contributed by atoms with Crippen molar-refractivity contribution < 1.29 is 23.5 Å². The molecule has 0 radical (unpaired) electrons. The van der Waals surface area contributed by atoms with Gasteiger partial charge in [0.15, 0.2) is 11.5 Å². The molecule has 1 amide bonds. The van der Waals surface area contributed by atoms with E-state index in [0.717, 1.165) is 74.9 Å². The number of methoxy groups -OCH3 is 1. The summed E-state index contributed by atoms with van der Waals surface area (Å²) in [5, 5.41) is 0.915. The number of carbonyl (C=O) groups is 3. The van der Waals surface area contributed by atoms with E-state index >= 15 is 0 Å². The number of hydrogen-bond donors (Lipinski definition) is 0. The van der Waals surface area contributed by atoms with Gasteiger partial charge in [-0.2, -0.15) is 0 Å². The summed E-state index contributed by atoms with van der Waals surface area (Å²) < 4.78 is 11.2. The van der Waals surface area contributed by atoms with E-state index in [1.807, 2.05) is 59.5 Å². The van der Waals surface area contributed by atoms with Gasteiger partial charge in [-0.05, 0) is 80.6 Å². The van der Waals surface area contributed by atoms with Gasteiger partial charge in [0.05, 0.1) is 20.2 Å². The standard InChI is InChI=1S/C38H45N5O5/c1-4-41(5-2)32-13-8-30-24-36(48-35(30)25-32)38(46)29-6-11-31(12-7-29)42-20-22-43(23-21-42)37(45)27-40-18-16-39(17-19-40)26-34(44)28-9-14-33(47-3)15-10-28/h6-15,24-25H,4-5,16-23,26-27H2,1-3H3. The molecule has 252 valence electrons. The molecule has 48 heavy (non-hydrogen) atoms. The molecule has 1 aromatic heterocycles. The molecule has 2 aliphatic heterocycles. The normalized spacial score (nSPS) is 15.9. The van der Waals surface area contributed by atoms with Gasteiger partial charge < -0.3 is 23.9 Å². The van der Waals surface area contributed by atoms with Crippen molar-refractivity contribution in [2.75, 3.05) is 95.4 Å². The van der Waals surface area contributed by atoms with Crippen LogP contribution in [0.3, 0.4) is 0 Å². The molecular formula is C38H45N5O5. The summed E-state index contributed by atoms with van der Waals surface area (Å²) in [5.74, 6) is 1.18. The first-order valence-electron chi connectivity index (χ1n) is 16.9. The van der Waals surface area contributed by atoms with Crippen LogP contribution in [0.2, 0.25) is 0 Å². The van der Waals surface area contributed by atoms with Crippen LogP contribution in [0.4, 0.5) is 11.4 Å². The molecule has 2 fully saturated rings. The number of furan rings is 1. The molecule has 10 nitrogen and oxygen atoms in total. The fraction of sp³-hybridized carbons (Fsp3) is 0.395. The maximum atomic E-state index is 13.3. The third-order valence-electron chi connectivity index (χ3n) is 9.59. The van der Waals surface area contributed by atoms with Gasteiger partial charge in [-0.3, -0.25) is 24.2 Å². The number of carbonyl (C=O) groups excluding carboxylic acids is 3. The Kier molecular flexibility index (Phi) is 10.4. The van der Waals surface area contributed by atoms with Gasteiger partial charge in [0.1, 0.15) is 11.3 Å². The van der Waals surface area contributed by atoms with Crippen molar-refractivity contribution in [1.29, 1.82) is 0 Å². The molecule has 0 atom stereocenters. The zero-order chi connectivity index (χ0) is 33.6. The van der Waals surface area contributed by atoms with Crippen LogP contribution in [-0.4, -0.2) is 118 Å². The molecule has 4 aromatic rings. The van der Waals surface area contributed by atoms with Crippen LogP contribution in [0.1, 0.15) is 40.3 Å². The molecule has 3 heterocycles. The molecule has 0 N–H and O–H groups in total. The Morgan fingerprint density at radius 3 is 1.98 bits per heavy atom. The smallest absolute Gasteiger partial charge is 0.236 e. The number of piperazine rings is 2. The minimum absolute atomic E-state index is 0.0945. The molecule has 6 rings (SSSR count). The second-order valence-electron chi connectivity index (χ2n) is 12.5. The van der Waals surface area contributed by atoms with E-state index in [0.29, 0.717) is 48.6 Å². The summed E-state index contributed by atoms with van der Waals surface area (Å²) in [6.07, 6.45) is 0. The van der Waals surface area contributed by atoms with Gasteiger partial charge >= 0.3 is 0 Å². The predicted octanol–water partition coefficient (Wildman–Crippen LogP) is 4.67. The molecule has 0 spiro atoms. The monoisotopic (exact) mass is 651 g/mol. The lowest BCUT2D eigenvalue weighted by Gasteiger charge is -2.38. The molecule has 10 heteroatoms. The number of ketones is 2. The highest BCUT2D eigenvalue weighted by molar-refractivity contribution is 6.09. The predicted molar refractivity (Wildman–Crippen MR) is 189 cm³/mol. The number of fused-ring (bicyclic) bond motifs is 1. The average Bonchev–Trinajstić information content (AvgIpc) is 3.56. The van der Waals surface area contributed by atoms with Gasteiger partial charge in [-0.15, -0.1) is 0 Å². The first-order valence-corrected chi connectivity index (χ1v) is 16.9. The van der Waals surface area contributed by atoms with Crippen LogP contribution in [0, 0.1) is 0 Å². The summed E-state index contributed by atoms with van der Waals surface area (Å²) in [6.45, 7) is 12.7. The molecule has 0 saturated carbocycles. The number of nitrogens with zero attached hydrogens (tertiary/aromatic N) is 5. The SMILES string of the molecule is CCN(CC)c1ccc2cc(C(=O)c3ccc(N4CCN(C(=O)CN5CCN(CC(=O)c6ccc(OC)cc6)CC5)CC4)cc3)oc2c1. The minimum Gasteiger partial charge on any atom is -0.497 e. The lowest BCUT2D eigenvalue weighted by Crippen LogP contribution is -2.54. The van der Waals surface area contributed by atoms with E-state index in [9.17, 15) is 14.4 Å². The zero-order valence-electron chi connectivity index (χ0n) is 28.2. The third kappa shape index (κ3) is 7.55. The number of Topliss-reactive ketones (excluding diaryl/α,β-unsaturated/α-hetero) is 1. The highest BCUT2D eigenvalue weighted by Gasteiger charge is 2.26. The molecule has 3 aromatic carbocycles. The van der Waals surface area contributed by atoms with Crippen molar-refractivity contribution in [2.24, 2.45) is 0 Å². The van der Waals surface area contributed by atoms with Crippen LogP contribution < -0.4 is 14.5 Å². The van der Waals surface area contributed by atoms with E-state index < -0.39 is 0 Å². The maximum Gasteiger partial charge on any atom is 0.236 e. The molecule has 0 bridgehead atoms. The number of hydrogen-bond acceptors (Lipinski definition) is 9. The second-order valence-corrected chi connectivity index (χ2v) is 12.5. The Labute approximate surface area is 282 Å². The van der Waals surface area contributed by atoms with Crippen LogP contribution in [-0.2, 0) is 4.79 Å². The van der Waals surface area contributed by atoms with Crippen LogP contribution in [0.5, 0.6) is 5.75 Å². The summed E-state index contributed by atoms with van der Waals surface area (Å²) in [6, 6.07) is 22.8. The van der Waals surface area contributed by atoms with Gasteiger partial charge in [0.2, 0.25) is 11.7 Å². The summed E-state index contributed by atoms with van der Waals surface area (Å²) in [4.78, 5) is 49.9. The molecule has 0 unspecified atom stereocenters. The molecule has 0 aliphatic carbocycles. The van der Waals surface area contributed by atoms with Crippen molar-refractivity contribution in [1.82, 2.24) is 14.7 Å². The number of rotatable bonds is 12. The summed E-state index contributed by atoms with van der Waals surface area (Å²) in [5.41, 5.74) is 4.10. The van der Waals surface area contributed by atoms with Gasteiger partial charge in [0.25, 0.3) is 0 Å². The zero-order valence-corrected chi connectivity index (χ0v) is 28.2. The fourth-order valence-electron chi connectivity index (χ4n) is 6.57. The Bertz CT molecular complexity index is 1710. The number of benzene rings is 3. The van der Waals surface area contributed by atoms with Gasteiger partial charge in [-0.25, -0.2) is 0 Å². The van der Waals surface area contributed by atoms with Gasteiger partial charge in [-0.1, -0.05) is 0 Å². The summed E-state index contributed by atoms with van der Waals surface area (Å²) >= 11 is 0. The Morgan fingerprint density at radius 2 is 1.35 bits per heavy atom. The lowest BCUT2D eigenvalue weighted by atomic mass is 10.1. The van der Waals surface area contributed by atoms with E-state index in [-0.39, 0.29) is 17.5 Å². The van der Waals surface area contributed by atoms with E-state index in [1.54, 1.807) is 19.2 Å². The van der Waals surface area contributed by atoms with Crippen LogP contribution >= 0.6 is 0 Å². The summed E-state index contributed by atoms with van der Waals surface area (Å²) in [7, 11) is 1.61. The van der Waals surface area contributed by atoms with Crippen molar-refractivity contribution in [3.8, 4) is 5.75 Å². The largest absolute Gasteiger partial charge is 0.497 e. The maximum absolute atomic E-state index is 13.3. The molecule has 2 aliphatic rings. The Morgan fingerprint density at radius 1 is 0.729 bits per heavy atom. The van der Waals surface area contributed by atoms with Crippen molar-refractivity contribution in [2.45, 2.75) is 13.8 Å². The van der Waals surface area contributed by atoms with E-state index in [2.05, 4.69) is 39.5 Å². The van der Waals surface area contributed by atoms with E-state index in [1.165, 1.54) is 0 Å². The topological polar surface area (TPSA) is 89.8 Å². The van der Waals surface area contributed by atoms with Crippen molar-refractivity contribution in [3.05, 3.63) is 89.7 Å². The van der Waals surface area contributed by atoms with Crippen LogP contribution in [0.15, 0.2) is 77.2 Å². The molecule has 2 saturated heterocycles. The van der Waals surface area contributed by atoms with E-state index in [4.69, 9.17) is 9.15 Å². The number of anilines is 2. The van der Waals surface area contributed by atoms with Gasteiger partial charge in [0, 0.05) is 99.4 Å². The number of ether oxygens (including phenoxy) is 1. The third-order valence-corrected chi connectivity index (χ3v) is 9.59. The first kappa shape index (κ1) is 33.2. The molecular weight excluding hydrogens is 606 g/mol. The first-order chi connectivity index (χ1) is 23.3. The van der Waals surface area contributed by atoms with Crippen LogP contribution in [0.25, 0.3) is 11.0 Å². The minimum atomic E-state index is -0.137. The Hall–Kier alpha value is -4.67. The average molecular weight is 652 g/mol. The van der Waals surface area contributed by atoms with Crippen molar-refractivity contribution >= 4 is 39.8 Å². The lowest BCUT2D eigenvalue weighted by molar-refractivity contribution is -0.133. The second kappa shape index (κ2) is 15.0. The number of amides is 1.